The number of piperidine rings is 1. The van der Waals surface area contributed by atoms with Crippen LogP contribution in [-0.4, -0.2) is 51.2 Å². The fourth-order valence-electron chi connectivity index (χ4n) is 2.57. The highest BCUT2D eigenvalue weighted by Gasteiger charge is 2.28. The van der Waals surface area contributed by atoms with E-state index in [4.69, 9.17) is 9.47 Å². The Morgan fingerprint density at radius 1 is 1.43 bits per heavy atom. The van der Waals surface area contributed by atoms with Crippen molar-refractivity contribution in [3.63, 3.8) is 0 Å². The molecule has 23 heavy (non-hydrogen) atoms. The molecule has 1 amide bonds. The van der Waals surface area contributed by atoms with Crippen LogP contribution in [0.25, 0.3) is 0 Å². The van der Waals surface area contributed by atoms with Gasteiger partial charge in [0.25, 0.3) is 0 Å². The maximum atomic E-state index is 12.1. The third-order valence-corrected chi connectivity index (χ3v) is 3.72. The quantitative estimate of drug-likeness (QED) is 0.861. The molecule has 0 saturated carbocycles. The molecule has 2 rings (SSSR count). The fourth-order valence-corrected chi connectivity index (χ4v) is 2.57. The summed E-state index contributed by atoms with van der Waals surface area (Å²) in [5.74, 6) is 0. The number of aliphatic hydroxyl groups excluding tert-OH is 1. The number of hydrogen-bond donors (Lipinski definition) is 1. The standard InChI is InChI=1S/C16H27N3O4/c1-5-22-14(20)12-10-17-19(11-12)13-6-8-18(9-7-13)15(21)23-16(2,3)4/h10-11,13-14,20H,5-9H2,1-4H3. The van der Waals surface area contributed by atoms with Crippen molar-refractivity contribution in [1.29, 1.82) is 0 Å². The maximum Gasteiger partial charge on any atom is 0.410 e. The van der Waals surface area contributed by atoms with Crippen molar-refractivity contribution in [2.45, 2.75) is 58.5 Å². The van der Waals surface area contributed by atoms with Crippen LogP contribution in [0.1, 0.15) is 58.4 Å². The Morgan fingerprint density at radius 2 is 2.09 bits per heavy atom. The summed E-state index contributed by atoms with van der Waals surface area (Å²) in [7, 11) is 0. The Balaban J connectivity index is 1.88. The van der Waals surface area contributed by atoms with E-state index in [-0.39, 0.29) is 12.1 Å². The molecule has 1 aliphatic rings. The first kappa shape index (κ1) is 17.7. The van der Waals surface area contributed by atoms with Gasteiger partial charge in [-0.05, 0) is 40.5 Å². The minimum atomic E-state index is -0.935. The summed E-state index contributed by atoms with van der Waals surface area (Å²) in [6.07, 6.45) is 3.87. The Bertz CT molecular complexity index is 516. The Hall–Kier alpha value is -1.60. The van der Waals surface area contributed by atoms with Crippen molar-refractivity contribution in [3.8, 4) is 0 Å². The molecule has 0 aromatic carbocycles. The van der Waals surface area contributed by atoms with Gasteiger partial charge in [-0.25, -0.2) is 4.79 Å². The second kappa shape index (κ2) is 7.31. The van der Waals surface area contributed by atoms with Crippen molar-refractivity contribution in [3.05, 3.63) is 18.0 Å². The SMILES string of the molecule is CCOC(O)c1cnn(C2CCN(C(=O)OC(C)(C)C)CC2)c1. The Morgan fingerprint density at radius 3 is 2.65 bits per heavy atom. The largest absolute Gasteiger partial charge is 0.444 e. The zero-order valence-corrected chi connectivity index (χ0v) is 14.4. The van der Waals surface area contributed by atoms with Gasteiger partial charge in [-0.1, -0.05) is 0 Å². The molecule has 1 aromatic heterocycles. The molecule has 0 radical (unpaired) electrons. The van der Waals surface area contributed by atoms with Gasteiger partial charge in [0.15, 0.2) is 6.29 Å². The molecule has 0 bridgehead atoms. The molecular formula is C16H27N3O4. The summed E-state index contributed by atoms with van der Waals surface area (Å²) in [4.78, 5) is 13.8. The minimum absolute atomic E-state index is 0.219. The van der Waals surface area contributed by atoms with E-state index in [1.54, 1.807) is 11.1 Å². The summed E-state index contributed by atoms with van der Waals surface area (Å²) >= 11 is 0. The number of amides is 1. The number of nitrogens with zero attached hydrogens (tertiary/aromatic N) is 3. The van der Waals surface area contributed by atoms with Crippen molar-refractivity contribution in [1.82, 2.24) is 14.7 Å². The van der Waals surface area contributed by atoms with E-state index in [1.807, 2.05) is 38.6 Å². The van der Waals surface area contributed by atoms with Gasteiger partial charge < -0.3 is 19.5 Å². The summed E-state index contributed by atoms with van der Waals surface area (Å²) < 4.78 is 12.4. The molecule has 2 heterocycles. The zero-order chi connectivity index (χ0) is 17.0. The van der Waals surface area contributed by atoms with E-state index in [1.165, 1.54) is 0 Å². The number of likely N-dealkylation sites (tertiary alicyclic amines) is 1. The van der Waals surface area contributed by atoms with Gasteiger partial charge in [-0.15, -0.1) is 0 Å². The number of aliphatic hydroxyl groups is 1. The van der Waals surface area contributed by atoms with Crippen LogP contribution >= 0.6 is 0 Å². The first-order valence-electron chi connectivity index (χ1n) is 8.12. The van der Waals surface area contributed by atoms with Gasteiger partial charge >= 0.3 is 6.09 Å². The van der Waals surface area contributed by atoms with Gasteiger partial charge in [-0.2, -0.15) is 5.10 Å². The first-order chi connectivity index (χ1) is 10.8. The van der Waals surface area contributed by atoms with E-state index >= 15 is 0 Å². The van der Waals surface area contributed by atoms with E-state index < -0.39 is 11.9 Å². The molecule has 1 N–H and O–H groups in total. The van der Waals surface area contributed by atoms with Crippen LogP contribution < -0.4 is 0 Å². The highest BCUT2D eigenvalue weighted by molar-refractivity contribution is 5.68. The summed E-state index contributed by atoms with van der Waals surface area (Å²) in [5.41, 5.74) is 0.182. The van der Waals surface area contributed by atoms with Crippen LogP contribution in [0.3, 0.4) is 0 Å². The highest BCUT2D eigenvalue weighted by atomic mass is 16.6. The second-order valence-electron chi connectivity index (χ2n) is 6.76. The normalized spacial score (nSPS) is 18.0. The van der Waals surface area contributed by atoms with Crippen LogP contribution in [0.2, 0.25) is 0 Å². The van der Waals surface area contributed by atoms with Crippen LogP contribution in [0.5, 0.6) is 0 Å². The third kappa shape index (κ3) is 4.94. The lowest BCUT2D eigenvalue weighted by Crippen LogP contribution is -2.42. The summed E-state index contributed by atoms with van der Waals surface area (Å²) in [6, 6.07) is 0.219. The number of carbonyl (C=O) groups is 1. The second-order valence-corrected chi connectivity index (χ2v) is 6.76. The van der Waals surface area contributed by atoms with Gasteiger partial charge in [0.1, 0.15) is 5.60 Å². The lowest BCUT2D eigenvalue weighted by Gasteiger charge is -2.33. The Labute approximate surface area is 137 Å². The van der Waals surface area contributed by atoms with Crippen molar-refractivity contribution < 1.29 is 19.4 Å². The molecule has 1 atom stereocenters. The van der Waals surface area contributed by atoms with Crippen LogP contribution in [0, 0.1) is 0 Å². The van der Waals surface area contributed by atoms with E-state index in [9.17, 15) is 9.90 Å². The summed E-state index contributed by atoms with van der Waals surface area (Å²) in [5, 5.41) is 14.1. The Kier molecular flexibility index (Phi) is 5.64. The molecule has 0 spiro atoms. The molecule has 1 saturated heterocycles. The van der Waals surface area contributed by atoms with E-state index in [2.05, 4.69) is 5.10 Å². The van der Waals surface area contributed by atoms with Gasteiger partial charge in [0.2, 0.25) is 0 Å². The van der Waals surface area contributed by atoms with Crippen LogP contribution in [-0.2, 0) is 9.47 Å². The number of aromatic nitrogens is 2. The van der Waals surface area contributed by atoms with E-state index in [0.717, 1.165) is 12.8 Å². The molecule has 1 aromatic rings. The average molecular weight is 325 g/mol. The number of ether oxygens (including phenoxy) is 2. The molecule has 1 unspecified atom stereocenters. The molecule has 130 valence electrons. The zero-order valence-electron chi connectivity index (χ0n) is 14.4. The van der Waals surface area contributed by atoms with Gasteiger partial charge in [0, 0.05) is 31.5 Å². The molecular weight excluding hydrogens is 298 g/mol. The monoisotopic (exact) mass is 325 g/mol. The molecule has 7 nitrogen and oxygen atoms in total. The van der Waals surface area contributed by atoms with Crippen molar-refractivity contribution in [2.24, 2.45) is 0 Å². The first-order valence-corrected chi connectivity index (χ1v) is 8.12. The average Bonchev–Trinajstić information content (AvgIpc) is 2.96. The lowest BCUT2D eigenvalue weighted by atomic mass is 10.1. The molecule has 1 fully saturated rings. The topological polar surface area (TPSA) is 76.8 Å². The van der Waals surface area contributed by atoms with Gasteiger partial charge in [-0.3, -0.25) is 4.68 Å². The number of rotatable bonds is 4. The van der Waals surface area contributed by atoms with Gasteiger partial charge in [0.05, 0.1) is 12.2 Å². The lowest BCUT2D eigenvalue weighted by molar-refractivity contribution is -0.0980. The summed E-state index contributed by atoms with van der Waals surface area (Å²) in [6.45, 7) is 9.16. The third-order valence-electron chi connectivity index (χ3n) is 3.72. The minimum Gasteiger partial charge on any atom is -0.444 e. The van der Waals surface area contributed by atoms with Crippen LogP contribution in [0.15, 0.2) is 12.4 Å². The van der Waals surface area contributed by atoms with E-state index in [0.29, 0.717) is 25.3 Å². The number of hydrogen-bond acceptors (Lipinski definition) is 5. The fraction of sp³-hybridized carbons (Fsp3) is 0.750. The van der Waals surface area contributed by atoms with Crippen molar-refractivity contribution >= 4 is 6.09 Å². The molecule has 7 heteroatoms. The highest BCUT2D eigenvalue weighted by Crippen LogP contribution is 2.25. The predicted octanol–water partition coefficient (Wildman–Crippen LogP) is 2.48. The van der Waals surface area contributed by atoms with Crippen LogP contribution in [0.4, 0.5) is 4.79 Å². The molecule has 0 aliphatic carbocycles. The predicted molar refractivity (Wildman–Crippen MR) is 84.9 cm³/mol. The van der Waals surface area contributed by atoms with Crippen molar-refractivity contribution in [2.75, 3.05) is 19.7 Å². The number of carbonyl (C=O) groups excluding carboxylic acids is 1. The maximum absolute atomic E-state index is 12.1. The molecule has 1 aliphatic heterocycles. The smallest absolute Gasteiger partial charge is 0.410 e.